The minimum absolute atomic E-state index is 0.201. The molecule has 1 saturated heterocycles. The summed E-state index contributed by atoms with van der Waals surface area (Å²) in [6.07, 6.45) is 14.8. The third-order valence-electron chi connectivity index (χ3n) is 8.70. The van der Waals surface area contributed by atoms with Crippen molar-refractivity contribution < 1.29 is 0 Å². The fourth-order valence-electron chi connectivity index (χ4n) is 6.55. The number of hydrogen-bond donors (Lipinski definition) is 1. The molecule has 2 fully saturated rings. The van der Waals surface area contributed by atoms with Crippen molar-refractivity contribution in [2.75, 3.05) is 30.8 Å². The number of nitrogen functional groups attached to an aromatic ring is 1. The second kappa shape index (κ2) is 9.03. The average molecular weight is 491 g/mol. The molecule has 6 nitrogen and oxygen atoms in total. The predicted molar refractivity (Wildman–Crippen MR) is 151 cm³/mol. The Kier molecular flexibility index (Phi) is 5.50. The van der Waals surface area contributed by atoms with Crippen molar-refractivity contribution in [1.82, 2.24) is 19.3 Å². The van der Waals surface area contributed by atoms with Crippen LogP contribution in [-0.2, 0) is 0 Å². The van der Waals surface area contributed by atoms with Crippen LogP contribution in [0.1, 0.15) is 61.0 Å². The zero-order chi connectivity index (χ0) is 24.9. The van der Waals surface area contributed by atoms with Crippen molar-refractivity contribution in [1.29, 1.82) is 0 Å². The fourth-order valence-corrected chi connectivity index (χ4v) is 6.55. The molecule has 1 atom stereocenters. The van der Waals surface area contributed by atoms with E-state index in [-0.39, 0.29) is 6.04 Å². The highest BCUT2D eigenvalue weighted by molar-refractivity contribution is 5.88. The monoisotopic (exact) mass is 490 g/mol. The molecule has 0 bridgehead atoms. The highest BCUT2D eigenvalue weighted by Gasteiger charge is 2.38. The van der Waals surface area contributed by atoms with Crippen molar-refractivity contribution in [3.8, 4) is 11.3 Å². The number of anilines is 2. The Morgan fingerprint density at radius 3 is 2.59 bits per heavy atom. The van der Waals surface area contributed by atoms with Crippen LogP contribution < -0.4 is 10.6 Å². The van der Waals surface area contributed by atoms with E-state index >= 15 is 0 Å². The minimum Gasteiger partial charge on any atom is -0.382 e. The van der Waals surface area contributed by atoms with E-state index in [1.165, 1.54) is 62.0 Å². The Hall–Kier alpha value is -3.64. The van der Waals surface area contributed by atoms with Crippen molar-refractivity contribution in [2.45, 2.75) is 50.1 Å². The molecule has 1 saturated carbocycles. The zero-order valence-electron chi connectivity index (χ0n) is 21.4. The number of imidazole rings is 1. The van der Waals surface area contributed by atoms with Gasteiger partial charge in [0.15, 0.2) is 0 Å². The Balaban J connectivity index is 1.24. The number of likely N-dealkylation sites (N-methyl/N-ethyl adjacent to an activating group) is 1. The molecule has 1 unspecified atom stereocenters. The first kappa shape index (κ1) is 22.5. The molecular formula is C31H34N6. The maximum atomic E-state index is 6.47. The highest BCUT2D eigenvalue weighted by atomic mass is 15.2. The van der Waals surface area contributed by atoms with Gasteiger partial charge in [0.25, 0.3) is 0 Å². The summed E-state index contributed by atoms with van der Waals surface area (Å²) in [5.41, 5.74) is 13.1. The maximum Gasteiger partial charge on any atom is 0.150 e. The number of piperidine rings is 1. The largest absolute Gasteiger partial charge is 0.382 e. The van der Waals surface area contributed by atoms with E-state index in [0.29, 0.717) is 17.8 Å². The summed E-state index contributed by atoms with van der Waals surface area (Å²) in [5, 5.41) is 0. The molecule has 4 heterocycles. The van der Waals surface area contributed by atoms with Gasteiger partial charge in [-0.05, 0) is 56.0 Å². The molecule has 2 aromatic heterocycles. The van der Waals surface area contributed by atoms with Crippen LogP contribution in [0.5, 0.6) is 0 Å². The van der Waals surface area contributed by atoms with E-state index in [1.807, 2.05) is 6.20 Å². The number of fused-ring (bicyclic) bond motifs is 2. The lowest BCUT2D eigenvalue weighted by molar-refractivity contribution is 0.0862. The molecule has 1 aliphatic carbocycles. The summed E-state index contributed by atoms with van der Waals surface area (Å²) in [5.74, 6) is 2.12. The van der Waals surface area contributed by atoms with Gasteiger partial charge in [-0.3, -0.25) is 4.40 Å². The number of aromatic nitrogens is 3. The first-order valence-corrected chi connectivity index (χ1v) is 13.6. The quantitative estimate of drug-likeness (QED) is 0.385. The molecule has 2 aliphatic heterocycles. The van der Waals surface area contributed by atoms with Crippen LogP contribution >= 0.6 is 0 Å². The van der Waals surface area contributed by atoms with Gasteiger partial charge in [-0.15, -0.1) is 0 Å². The number of hydrogen-bond acceptors (Lipinski definition) is 5. The molecule has 2 aromatic carbocycles. The fraction of sp³-hybridized carbons (Fsp3) is 0.355. The zero-order valence-corrected chi connectivity index (χ0v) is 21.4. The molecule has 0 radical (unpaired) electrons. The van der Waals surface area contributed by atoms with Crippen molar-refractivity contribution in [2.24, 2.45) is 0 Å². The second-order valence-corrected chi connectivity index (χ2v) is 10.9. The minimum atomic E-state index is 0.201. The molecule has 2 N–H and O–H groups in total. The Morgan fingerprint density at radius 2 is 1.78 bits per heavy atom. The number of nitrogens with zero attached hydrogens (tertiary/aromatic N) is 5. The summed E-state index contributed by atoms with van der Waals surface area (Å²) >= 11 is 0. The summed E-state index contributed by atoms with van der Waals surface area (Å²) < 4.78 is 2.20. The van der Waals surface area contributed by atoms with Crippen LogP contribution in [0, 0.1) is 0 Å². The number of nitrogens with two attached hydrogens (primary N) is 1. The summed E-state index contributed by atoms with van der Waals surface area (Å²) in [6, 6.07) is 18.2. The van der Waals surface area contributed by atoms with E-state index < -0.39 is 0 Å². The van der Waals surface area contributed by atoms with Gasteiger partial charge in [0.05, 0.1) is 6.04 Å². The van der Waals surface area contributed by atoms with E-state index in [0.717, 1.165) is 22.6 Å². The van der Waals surface area contributed by atoms with Crippen LogP contribution in [0.3, 0.4) is 0 Å². The molecule has 6 heteroatoms. The lowest BCUT2D eigenvalue weighted by atomic mass is 9.78. The third-order valence-corrected chi connectivity index (χ3v) is 8.70. The molecule has 0 amide bonds. The van der Waals surface area contributed by atoms with Gasteiger partial charge in [-0.1, -0.05) is 61.0 Å². The first-order valence-electron chi connectivity index (χ1n) is 13.6. The Morgan fingerprint density at radius 1 is 0.973 bits per heavy atom. The Bertz CT molecular complexity index is 1460. The molecule has 3 aliphatic rings. The van der Waals surface area contributed by atoms with Crippen LogP contribution in [0.25, 0.3) is 22.9 Å². The van der Waals surface area contributed by atoms with Gasteiger partial charge in [-0.2, -0.15) is 0 Å². The molecule has 0 spiro atoms. The maximum absolute atomic E-state index is 6.47. The van der Waals surface area contributed by atoms with Gasteiger partial charge < -0.3 is 15.5 Å². The third kappa shape index (κ3) is 3.82. The Labute approximate surface area is 218 Å². The smallest absolute Gasteiger partial charge is 0.150 e. The molecule has 4 aromatic rings. The van der Waals surface area contributed by atoms with Crippen LogP contribution in [0.15, 0.2) is 67.0 Å². The van der Waals surface area contributed by atoms with Gasteiger partial charge >= 0.3 is 0 Å². The second-order valence-electron chi connectivity index (χ2n) is 10.9. The lowest BCUT2D eigenvalue weighted by Crippen LogP contribution is -2.46. The molecule has 188 valence electrons. The SMILES string of the molecule is CN1c2cc(-c3nc(C4CC(N5CCCCC5)C4)n4ccnc(N)c34)ccc2C=CC1c1ccccc1. The van der Waals surface area contributed by atoms with Gasteiger partial charge in [0.2, 0.25) is 0 Å². The van der Waals surface area contributed by atoms with Crippen molar-refractivity contribution in [3.63, 3.8) is 0 Å². The van der Waals surface area contributed by atoms with Crippen LogP contribution in [-0.4, -0.2) is 45.4 Å². The molecule has 37 heavy (non-hydrogen) atoms. The molecular weight excluding hydrogens is 456 g/mol. The summed E-state index contributed by atoms with van der Waals surface area (Å²) in [4.78, 5) is 14.7. The van der Waals surface area contributed by atoms with E-state index in [2.05, 4.69) is 86.9 Å². The van der Waals surface area contributed by atoms with Crippen LogP contribution in [0.4, 0.5) is 11.5 Å². The van der Waals surface area contributed by atoms with Crippen molar-refractivity contribution in [3.05, 3.63) is 84.0 Å². The van der Waals surface area contributed by atoms with E-state index in [9.17, 15) is 0 Å². The average Bonchev–Trinajstić information content (AvgIpc) is 3.30. The van der Waals surface area contributed by atoms with Gasteiger partial charge in [0, 0.05) is 42.7 Å². The standard InChI is InChI=1S/C31H34N6/c1-35-26(21-8-4-2-5-9-21)13-12-22-10-11-23(20-27(22)35)28-29-30(32)33-14-17-37(29)31(34-28)24-18-25(19-24)36-15-6-3-7-16-36/h2,4-5,8-14,17,20,24-26H,3,6-7,15-16,18-19H2,1H3,(H2,32,33). The number of rotatable bonds is 4. The summed E-state index contributed by atoms with van der Waals surface area (Å²) in [7, 11) is 2.17. The van der Waals surface area contributed by atoms with Gasteiger partial charge in [0.1, 0.15) is 22.9 Å². The van der Waals surface area contributed by atoms with E-state index in [4.69, 9.17) is 10.7 Å². The molecule has 7 rings (SSSR count). The van der Waals surface area contributed by atoms with Gasteiger partial charge in [-0.25, -0.2) is 9.97 Å². The lowest BCUT2D eigenvalue weighted by Gasteiger charge is -2.44. The highest BCUT2D eigenvalue weighted by Crippen LogP contribution is 2.43. The summed E-state index contributed by atoms with van der Waals surface area (Å²) in [6.45, 7) is 2.51. The number of benzene rings is 2. The topological polar surface area (TPSA) is 62.7 Å². The number of likely N-dealkylation sites (tertiary alicyclic amines) is 1. The normalized spacial score (nSPS) is 23.7. The van der Waals surface area contributed by atoms with Crippen LogP contribution in [0.2, 0.25) is 0 Å². The first-order chi connectivity index (χ1) is 18.2. The predicted octanol–water partition coefficient (Wildman–Crippen LogP) is 5.91. The van der Waals surface area contributed by atoms with Crippen molar-refractivity contribution >= 4 is 23.1 Å². The van der Waals surface area contributed by atoms with E-state index in [1.54, 1.807) is 6.20 Å².